The zero-order chi connectivity index (χ0) is 13.1. The van der Waals surface area contributed by atoms with Gasteiger partial charge in [-0.3, -0.25) is 4.79 Å². The van der Waals surface area contributed by atoms with Gasteiger partial charge in [0.1, 0.15) is 5.54 Å². The second-order valence-corrected chi connectivity index (χ2v) is 4.62. The molecule has 0 saturated carbocycles. The molecular formula is C13H15ClN2O. The number of hydrogen-bond donors (Lipinski definition) is 1. The van der Waals surface area contributed by atoms with Crippen LogP contribution in [0.2, 0.25) is 5.02 Å². The number of hydrogen-bond acceptors (Lipinski definition) is 2. The Morgan fingerprint density at radius 1 is 1.59 bits per heavy atom. The molecule has 1 rings (SSSR count). The second-order valence-electron chi connectivity index (χ2n) is 4.22. The topological polar surface area (TPSA) is 52.9 Å². The lowest BCUT2D eigenvalue weighted by atomic mass is 10.0. The zero-order valence-electron chi connectivity index (χ0n) is 10.2. The first-order chi connectivity index (χ1) is 7.91. The summed E-state index contributed by atoms with van der Waals surface area (Å²) in [4.78, 5) is 11.9. The summed E-state index contributed by atoms with van der Waals surface area (Å²) in [6.07, 6.45) is 0.557. The van der Waals surface area contributed by atoms with Gasteiger partial charge in [-0.1, -0.05) is 18.5 Å². The highest BCUT2D eigenvalue weighted by Crippen LogP contribution is 2.17. The van der Waals surface area contributed by atoms with Crippen molar-refractivity contribution in [1.82, 2.24) is 5.32 Å². The summed E-state index contributed by atoms with van der Waals surface area (Å²) in [6, 6.07) is 7.14. The van der Waals surface area contributed by atoms with Gasteiger partial charge in [-0.25, -0.2) is 0 Å². The Kier molecular flexibility index (Phi) is 4.14. The highest BCUT2D eigenvalue weighted by molar-refractivity contribution is 6.31. The van der Waals surface area contributed by atoms with E-state index in [9.17, 15) is 4.79 Å². The average molecular weight is 251 g/mol. The molecule has 0 spiro atoms. The molecule has 0 bridgehead atoms. The van der Waals surface area contributed by atoms with E-state index in [1.165, 1.54) is 0 Å². The third-order valence-electron chi connectivity index (χ3n) is 2.76. The first kappa shape index (κ1) is 13.5. The Morgan fingerprint density at radius 2 is 2.24 bits per heavy atom. The van der Waals surface area contributed by atoms with Crippen LogP contribution >= 0.6 is 11.6 Å². The third-order valence-corrected chi connectivity index (χ3v) is 3.19. The van der Waals surface area contributed by atoms with Gasteiger partial charge in [-0.2, -0.15) is 5.26 Å². The molecule has 0 aliphatic heterocycles. The molecule has 0 radical (unpaired) electrons. The molecule has 1 aromatic rings. The van der Waals surface area contributed by atoms with Gasteiger partial charge in [0.15, 0.2) is 0 Å². The van der Waals surface area contributed by atoms with E-state index < -0.39 is 5.54 Å². The molecule has 1 N–H and O–H groups in total. The van der Waals surface area contributed by atoms with Crippen molar-refractivity contribution in [2.24, 2.45) is 0 Å². The minimum atomic E-state index is -0.829. The molecule has 0 aliphatic carbocycles. The van der Waals surface area contributed by atoms with E-state index >= 15 is 0 Å². The van der Waals surface area contributed by atoms with Crippen molar-refractivity contribution in [1.29, 1.82) is 5.26 Å². The number of nitriles is 1. The van der Waals surface area contributed by atoms with Crippen LogP contribution in [0.1, 0.15) is 36.2 Å². The van der Waals surface area contributed by atoms with Gasteiger partial charge in [0, 0.05) is 10.6 Å². The predicted octanol–water partition coefficient (Wildman–Crippen LogP) is 3.07. The van der Waals surface area contributed by atoms with E-state index in [1.54, 1.807) is 25.1 Å². The quantitative estimate of drug-likeness (QED) is 0.896. The lowest BCUT2D eigenvalue weighted by molar-refractivity contribution is 0.0923. The Labute approximate surface area is 106 Å². The lowest BCUT2D eigenvalue weighted by Crippen LogP contribution is -2.44. The molecule has 17 heavy (non-hydrogen) atoms. The van der Waals surface area contributed by atoms with Crippen LogP contribution in [0, 0.1) is 18.3 Å². The summed E-state index contributed by atoms with van der Waals surface area (Å²) in [5.41, 5.74) is 0.529. The first-order valence-electron chi connectivity index (χ1n) is 5.42. The fourth-order valence-corrected chi connectivity index (χ4v) is 1.42. The Morgan fingerprint density at radius 3 is 2.71 bits per heavy atom. The standard InChI is InChI=1S/C13H15ClN2O/c1-4-13(3,8-15)16-12(17)10-5-6-11(14)9(2)7-10/h5-7H,4H2,1-3H3,(H,16,17). The minimum absolute atomic E-state index is 0.254. The number of benzene rings is 1. The summed E-state index contributed by atoms with van der Waals surface area (Å²) in [5, 5.41) is 12.3. The number of carbonyl (C=O) groups is 1. The fourth-order valence-electron chi connectivity index (χ4n) is 1.30. The highest BCUT2D eigenvalue weighted by Gasteiger charge is 2.24. The fraction of sp³-hybridized carbons (Fsp3) is 0.385. The van der Waals surface area contributed by atoms with E-state index in [1.807, 2.05) is 13.8 Å². The average Bonchev–Trinajstić information content (AvgIpc) is 2.32. The monoisotopic (exact) mass is 250 g/mol. The zero-order valence-corrected chi connectivity index (χ0v) is 10.9. The van der Waals surface area contributed by atoms with E-state index in [2.05, 4.69) is 11.4 Å². The van der Waals surface area contributed by atoms with Crippen LogP contribution < -0.4 is 5.32 Å². The number of aryl methyl sites for hydroxylation is 1. The van der Waals surface area contributed by atoms with Gasteiger partial charge in [0.2, 0.25) is 0 Å². The van der Waals surface area contributed by atoms with Crippen LogP contribution in [0.3, 0.4) is 0 Å². The summed E-state index contributed by atoms with van der Waals surface area (Å²) < 4.78 is 0. The summed E-state index contributed by atoms with van der Waals surface area (Å²) in [6.45, 7) is 5.40. The normalized spacial score (nSPS) is 13.6. The molecule has 0 aliphatic rings. The molecule has 4 heteroatoms. The van der Waals surface area contributed by atoms with Crippen molar-refractivity contribution in [2.75, 3.05) is 0 Å². The van der Waals surface area contributed by atoms with Crippen molar-refractivity contribution >= 4 is 17.5 Å². The Hall–Kier alpha value is -1.53. The molecule has 1 amide bonds. The van der Waals surface area contributed by atoms with Gasteiger partial charge in [-0.05, 0) is 44.0 Å². The van der Waals surface area contributed by atoms with E-state index in [-0.39, 0.29) is 5.91 Å². The maximum atomic E-state index is 11.9. The number of nitrogens with zero attached hydrogens (tertiary/aromatic N) is 1. The van der Waals surface area contributed by atoms with Crippen molar-refractivity contribution < 1.29 is 4.79 Å². The van der Waals surface area contributed by atoms with Crippen LogP contribution in [0.15, 0.2) is 18.2 Å². The smallest absolute Gasteiger partial charge is 0.252 e. The van der Waals surface area contributed by atoms with Gasteiger partial charge in [0.25, 0.3) is 5.91 Å². The molecule has 1 unspecified atom stereocenters. The largest absolute Gasteiger partial charge is 0.334 e. The van der Waals surface area contributed by atoms with Crippen molar-refractivity contribution in [3.8, 4) is 6.07 Å². The van der Waals surface area contributed by atoms with Gasteiger partial charge >= 0.3 is 0 Å². The van der Waals surface area contributed by atoms with Gasteiger partial charge in [-0.15, -0.1) is 0 Å². The molecule has 1 aromatic carbocycles. The summed E-state index contributed by atoms with van der Waals surface area (Å²) >= 11 is 5.89. The van der Waals surface area contributed by atoms with Crippen LogP contribution in [0.4, 0.5) is 0 Å². The highest BCUT2D eigenvalue weighted by atomic mass is 35.5. The van der Waals surface area contributed by atoms with Crippen molar-refractivity contribution in [2.45, 2.75) is 32.7 Å². The van der Waals surface area contributed by atoms with Gasteiger partial charge in [0.05, 0.1) is 6.07 Å². The predicted molar refractivity (Wildman–Crippen MR) is 68.0 cm³/mol. The van der Waals surface area contributed by atoms with Crippen LogP contribution in [-0.2, 0) is 0 Å². The third kappa shape index (κ3) is 3.21. The van der Waals surface area contributed by atoms with E-state index in [4.69, 9.17) is 16.9 Å². The number of carbonyl (C=O) groups excluding carboxylic acids is 1. The van der Waals surface area contributed by atoms with Crippen LogP contribution in [0.25, 0.3) is 0 Å². The second kappa shape index (κ2) is 5.20. The van der Waals surface area contributed by atoms with Crippen molar-refractivity contribution in [3.05, 3.63) is 34.3 Å². The number of halogens is 1. The lowest BCUT2D eigenvalue weighted by Gasteiger charge is -2.21. The number of amides is 1. The molecule has 0 fully saturated rings. The molecule has 1 atom stereocenters. The number of nitrogens with one attached hydrogen (secondary N) is 1. The molecule has 0 heterocycles. The maximum absolute atomic E-state index is 11.9. The Balaban J connectivity index is 2.91. The first-order valence-corrected chi connectivity index (χ1v) is 5.79. The molecule has 0 aromatic heterocycles. The van der Waals surface area contributed by atoms with Crippen LogP contribution in [0.5, 0.6) is 0 Å². The van der Waals surface area contributed by atoms with Gasteiger partial charge < -0.3 is 5.32 Å². The minimum Gasteiger partial charge on any atom is -0.334 e. The van der Waals surface area contributed by atoms with E-state index in [0.29, 0.717) is 17.0 Å². The molecule has 90 valence electrons. The molecule has 0 saturated heterocycles. The van der Waals surface area contributed by atoms with Crippen LogP contribution in [-0.4, -0.2) is 11.4 Å². The molecular weight excluding hydrogens is 236 g/mol. The summed E-state index contributed by atoms with van der Waals surface area (Å²) in [5.74, 6) is -0.254. The maximum Gasteiger partial charge on any atom is 0.252 e. The van der Waals surface area contributed by atoms with Crippen molar-refractivity contribution in [3.63, 3.8) is 0 Å². The molecule has 3 nitrogen and oxygen atoms in total. The van der Waals surface area contributed by atoms with E-state index in [0.717, 1.165) is 5.56 Å². The summed E-state index contributed by atoms with van der Waals surface area (Å²) in [7, 11) is 0. The Bertz CT molecular complexity index is 479. The number of rotatable bonds is 3. The SMILES string of the molecule is CCC(C)(C#N)NC(=O)c1ccc(Cl)c(C)c1.